The fourth-order valence-electron chi connectivity index (χ4n) is 1.64. The molecule has 2 aromatic rings. The topological polar surface area (TPSA) is 99.1 Å². The number of aromatic carboxylic acids is 1. The average molecular weight is 253 g/mol. The van der Waals surface area contributed by atoms with Gasteiger partial charge < -0.3 is 16.2 Å². The number of carbonyl (C=O) groups is 1. The molecule has 2 rings (SSSR count). The molecule has 5 heteroatoms. The normalized spacial score (nSPS) is 9.63. The molecule has 0 heterocycles. The smallest absolute Gasteiger partial charge is 0.335 e. The second-order valence-electron chi connectivity index (χ2n) is 3.89. The van der Waals surface area contributed by atoms with E-state index in [1.54, 1.807) is 30.3 Å². The number of carboxylic acids is 1. The molecule has 0 saturated heterocycles. The van der Waals surface area contributed by atoms with Crippen LogP contribution in [-0.4, -0.2) is 11.1 Å². The SMILES string of the molecule is N#Cc1ccccc1Nc1ccc(C(=O)O)cc1N. The first kappa shape index (κ1) is 12.5. The molecule has 5 nitrogen and oxygen atoms in total. The maximum Gasteiger partial charge on any atom is 0.335 e. The van der Waals surface area contributed by atoms with Gasteiger partial charge in [0, 0.05) is 0 Å². The van der Waals surface area contributed by atoms with Crippen molar-refractivity contribution in [3.8, 4) is 6.07 Å². The van der Waals surface area contributed by atoms with E-state index in [1.807, 2.05) is 0 Å². The zero-order valence-electron chi connectivity index (χ0n) is 9.92. The van der Waals surface area contributed by atoms with Gasteiger partial charge in [-0.25, -0.2) is 4.79 Å². The maximum absolute atomic E-state index is 10.8. The van der Waals surface area contributed by atoms with Gasteiger partial charge in [-0.1, -0.05) is 12.1 Å². The molecule has 94 valence electrons. The van der Waals surface area contributed by atoms with Crippen LogP contribution in [0.2, 0.25) is 0 Å². The molecule has 0 aliphatic heterocycles. The van der Waals surface area contributed by atoms with Crippen LogP contribution in [0.4, 0.5) is 17.1 Å². The van der Waals surface area contributed by atoms with Gasteiger partial charge in [-0.15, -0.1) is 0 Å². The minimum Gasteiger partial charge on any atom is -0.478 e. The number of nitrogens with one attached hydrogen (secondary N) is 1. The van der Waals surface area contributed by atoms with Crippen LogP contribution in [0.15, 0.2) is 42.5 Å². The zero-order valence-corrected chi connectivity index (χ0v) is 9.92. The summed E-state index contributed by atoms with van der Waals surface area (Å²) in [6.45, 7) is 0. The highest BCUT2D eigenvalue weighted by Crippen LogP contribution is 2.26. The number of hydrogen-bond donors (Lipinski definition) is 3. The molecule has 0 aliphatic carbocycles. The Morgan fingerprint density at radius 2 is 1.95 bits per heavy atom. The van der Waals surface area contributed by atoms with E-state index < -0.39 is 5.97 Å². The second kappa shape index (κ2) is 5.10. The minimum absolute atomic E-state index is 0.122. The van der Waals surface area contributed by atoms with Gasteiger partial charge in [0.1, 0.15) is 6.07 Å². The van der Waals surface area contributed by atoms with E-state index in [-0.39, 0.29) is 5.56 Å². The minimum atomic E-state index is -1.03. The van der Waals surface area contributed by atoms with Gasteiger partial charge in [0.25, 0.3) is 0 Å². The third-order valence-electron chi connectivity index (χ3n) is 2.62. The van der Waals surface area contributed by atoms with Crippen LogP contribution < -0.4 is 11.1 Å². The lowest BCUT2D eigenvalue weighted by Gasteiger charge is -2.11. The number of carboxylic acid groups (broad SMARTS) is 1. The average Bonchev–Trinajstić information content (AvgIpc) is 2.41. The van der Waals surface area contributed by atoms with E-state index in [1.165, 1.54) is 12.1 Å². The molecule has 0 fully saturated rings. The van der Waals surface area contributed by atoms with Crippen LogP contribution in [0.5, 0.6) is 0 Å². The molecule has 19 heavy (non-hydrogen) atoms. The lowest BCUT2D eigenvalue weighted by atomic mass is 10.1. The number of hydrogen-bond acceptors (Lipinski definition) is 4. The lowest BCUT2D eigenvalue weighted by molar-refractivity contribution is 0.0697. The van der Waals surface area contributed by atoms with Crippen molar-refractivity contribution >= 4 is 23.0 Å². The predicted molar refractivity (Wildman–Crippen MR) is 72.3 cm³/mol. The monoisotopic (exact) mass is 253 g/mol. The quantitative estimate of drug-likeness (QED) is 0.730. The van der Waals surface area contributed by atoms with Gasteiger partial charge in [0.2, 0.25) is 0 Å². The Balaban J connectivity index is 2.34. The van der Waals surface area contributed by atoms with E-state index in [2.05, 4.69) is 11.4 Å². The summed E-state index contributed by atoms with van der Waals surface area (Å²) in [4.78, 5) is 10.8. The van der Waals surface area contributed by atoms with Crippen molar-refractivity contribution in [3.63, 3.8) is 0 Å². The molecular formula is C14H11N3O2. The predicted octanol–water partition coefficient (Wildman–Crippen LogP) is 2.58. The summed E-state index contributed by atoms with van der Waals surface area (Å²) >= 11 is 0. The summed E-state index contributed by atoms with van der Waals surface area (Å²) in [5, 5.41) is 20.9. The van der Waals surface area contributed by atoms with Crippen molar-refractivity contribution in [2.75, 3.05) is 11.1 Å². The largest absolute Gasteiger partial charge is 0.478 e. The fraction of sp³-hybridized carbons (Fsp3) is 0. The molecule has 0 saturated carbocycles. The standard InChI is InChI=1S/C14H11N3O2/c15-8-10-3-1-2-4-12(10)17-13-6-5-9(14(18)19)7-11(13)16/h1-7,17H,16H2,(H,18,19). The van der Waals surface area contributed by atoms with Crippen LogP contribution in [0.25, 0.3) is 0 Å². The third-order valence-corrected chi connectivity index (χ3v) is 2.62. The fourth-order valence-corrected chi connectivity index (χ4v) is 1.64. The van der Waals surface area contributed by atoms with Gasteiger partial charge in [-0.3, -0.25) is 0 Å². The molecule has 0 bridgehead atoms. The van der Waals surface area contributed by atoms with Gasteiger partial charge in [0.15, 0.2) is 0 Å². The van der Waals surface area contributed by atoms with E-state index >= 15 is 0 Å². The van der Waals surface area contributed by atoms with Crippen molar-refractivity contribution in [1.82, 2.24) is 0 Å². The van der Waals surface area contributed by atoms with Crippen LogP contribution >= 0.6 is 0 Å². The van der Waals surface area contributed by atoms with Crippen molar-refractivity contribution in [2.45, 2.75) is 0 Å². The van der Waals surface area contributed by atoms with Crippen molar-refractivity contribution < 1.29 is 9.90 Å². The second-order valence-corrected chi connectivity index (χ2v) is 3.89. The molecule has 0 radical (unpaired) electrons. The number of nitriles is 1. The molecule has 0 aliphatic rings. The molecule has 0 aromatic heterocycles. The van der Waals surface area contributed by atoms with Crippen LogP contribution in [-0.2, 0) is 0 Å². The zero-order chi connectivity index (χ0) is 13.8. The Bertz CT molecular complexity index is 675. The van der Waals surface area contributed by atoms with Crippen LogP contribution in [0, 0.1) is 11.3 Å². The summed E-state index contributed by atoms with van der Waals surface area (Å²) < 4.78 is 0. The number of nitrogen functional groups attached to an aromatic ring is 1. The molecular weight excluding hydrogens is 242 g/mol. The van der Waals surface area contributed by atoms with E-state index in [0.717, 1.165) is 0 Å². The first-order chi connectivity index (χ1) is 9.11. The molecule has 2 aromatic carbocycles. The van der Waals surface area contributed by atoms with Gasteiger partial charge >= 0.3 is 5.97 Å². The van der Waals surface area contributed by atoms with Crippen molar-refractivity contribution in [1.29, 1.82) is 5.26 Å². The molecule has 0 atom stereocenters. The Morgan fingerprint density at radius 3 is 2.58 bits per heavy atom. The number of nitrogens with zero attached hydrogens (tertiary/aromatic N) is 1. The number of nitrogens with two attached hydrogens (primary N) is 1. The third kappa shape index (κ3) is 2.64. The van der Waals surface area contributed by atoms with Crippen molar-refractivity contribution in [2.24, 2.45) is 0 Å². The van der Waals surface area contributed by atoms with Crippen LogP contribution in [0.1, 0.15) is 15.9 Å². The van der Waals surface area contributed by atoms with Gasteiger partial charge in [-0.05, 0) is 30.3 Å². The van der Waals surface area contributed by atoms with E-state index in [4.69, 9.17) is 16.1 Å². The molecule has 0 spiro atoms. The van der Waals surface area contributed by atoms with Gasteiger partial charge in [-0.2, -0.15) is 5.26 Å². The van der Waals surface area contributed by atoms with E-state index in [0.29, 0.717) is 22.6 Å². The highest BCUT2D eigenvalue weighted by molar-refractivity contribution is 5.91. The Morgan fingerprint density at radius 1 is 1.21 bits per heavy atom. The highest BCUT2D eigenvalue weighted by Gasteiger charge is 2.07. The van der Waals surface area contributed by atoms with E-state index in [9.17, 15) is 4.79 Å². The number of anilines is 3. The number of para-hydroxylation sites is 1. The lowest BCUT2D eigenvalue weighted by Crippen LogP contribution is -2.02. The molecule has 0 unspecified atom stereocenters. The maximum atomic E-state index is 10.8. The van der Waals surface area contributed by atoms with Crippen molar-refractivity contribution in [3.05, 3.63) is 53.6 Å². The summed E-state index contributed by atoms with van der Waals surface area (Å²) in [5.74, 6) is -1.03. The number of rotatable bonds is 3. The molecule has 0 amide bonds. The highest BCUT2D eigenvalue weighted by atomic mass is 16.4. The Hall–Kier alpha value is -3.00. The summed E-state index contributed by atoms with van der Waals surface area (Å²) in [6, 6.07) is 13.5. The molecule has 4 N–H and O–H groups in total. The van der Waals surface area contributed by atoms with Crippen LogP contribution in [0.3, 0.4) is 0 Å². The van der Waals surface area contributed by atoms with Gasteiger partial charge in [0.05, 0.1) is 28.2 Å². The first-order valence-corrected chi connectivity index (χ1v) is 5.51. The first-order valence-electron chi connectivity index (χ1n) is 5.51. The summed E-state index contributed by atoms with van der Waals surface area (Å²) in [6.07, 6.45) is 0. The number of benzene rings is 2. The summed E-state index contributed by atoms with van der Waals surface area (Å²) in [7, 11) is 0. The summed E-state index contributed by atoms with van der Waals surface area (Å²) in [5.41, 5.74) is 7.90. The Labute approximate surface area is 109 Å². The Kier molecular flexibility index (Phi) is 3.35.